The lowest BCUT2D eigenvalue weighted by Crippen LogP contribution is -2.23. The Hall–Kier alpha value is -2.91. The van der Waals surface area contributed by atoms with Crippen LogP contribution < -0.4 is 5.32 Å². The molecule has 7 nitrogen and oxygen atoms in total. The Morgan fingerprint density at radius 2 is 1.93 bits per heavy atom. The van der Waals surface area contributed by atoms with Gasteiger partial charge in [-0.3, -0.25) is 9.20 Å². The van der Waals surface area contributed by atoms with E-state index in [1.54, 1.807) is 6.92 Å². The van der Waals surface area contributed by atoms with Crippen LogP contribution in [0.3, 0.4) is 0 Å². The number of para-hydroxylation sites is 1. The van der Waals surface area contributed by atoms with Gasteiger partial charge in [0.15, 0.2) is 10.8 Å². The minimum atomic E-state index is -0.456. The number of fused-ring (bicyclic) bond motifs is 3. The van der Waals surface area contributed by atoms with Crippen LogP contribution in [-0.4, -0.2) is 38.8 Å². The van der Waals surface area contributed by atoms with Crippen LogP contribution >= 0.6 is 23.1 Å². The smallest absolute Gasteiger partial charge is 0.341 e. The number of carbonyl (C=O) groups excluding carboxylic acids is 2. The zero-order valence-electron chi connectivity index (χ0n) is 16.9. The maximum Gasteiger partial charge on any atom is 0.341 e. The largest absolute Gasteiger partial charge is 0.465 e. The minimum absolute atomic E-state index is 0.219. The van der Waals surface area contributed by atoms with Crippen molar-refractivity contribution in [3.05, 3.63) is 52.4 Å². The Balaban J connectivity index is 1.60. The number of amides is 1. The Bertz CT molecular complexity index is 1280. The second-order valence-corrected chi connectivity index (χ2v) is 9.33. The molecule has 3 aromatic heterocycles. The quantitative estimate of drug-likeness (QED) is 0.364. The van der Waals surface area contributed by atoms with Crippen molar-refractivity contribution in [3.8, 4) is 0 Å². The van der Waals surface area contributed by atoms with Gasteiger partial charge in [-0.1, -0.05) is 30.0 Å². The summed E-state index contributed by atoms with van der Waals surface area (Å²) < 4.78 is 6.82. The Labute approximate surface area is 181 Å². The number of nitrogens with one attached hydrogen (secondary N) is 1. The monoisotopic (exact) mass is 440 g/mol. The third kappa shape index (κ3) is 3.54. The zero-order valence-corrected chi connectivity index (χ0v) is 18.6. The lowest BCUT2D eigenvalue weighted by atomic mass is 10.1. The van der Waals surface area contributed by atoms with Crippen molar-refractivity contribution in [2.24, 2.45) is 0 Å². The topological polar surface area (TPSA) is 85.6 Å². The number of esters is 1. The van der Waals surface area contributed by atoms with Gasteiger partial charge in [-0.05, 0) is 49.9 Å². The number of hydrogen-bond donors (Lipinski definition) is 1. The summed E-state index contributed by atoms with van der Waals surface area (Å²) in [6.45, 7) is 5.56. The number of nitrogens with zero attached hydrogens (tertiary/aromatic N) is 3. The number of aryl methyl sites for hydroxylation is 1. The summed E-state index contributed by atoms with van der Waals surface area (Å²) in [4.78, 5) is 26.0. The fraction of sp³-hybridized carbons (Fsp3) is 0.238. The molecular formula is C21H20N4O3S2. The fourth-order valence-corrected chi connectivity index (χ4v) is 5.10. The van der Waals surface area contributed by atoms with Crippen LogP contribution in [0.4, 0.5) is 5.00 Å². The number of aromatic nitrogens is 3. The first kappa shape index (κ1) is 20.4. The van der Waals surface area contributed by atoms with Gasteiger partial charge in [0.1, 0.15) is 5.00 Å². The number of ether oxygens (including phenoxy) is 1. The second kappa shape index (κ2) is 8.08. The normalized spacial score (nSPS) is 12.3. The first-order valence-corrected chi connectivity index (χ1v) is 11.0. The molecule has 154 valence electrons. The highest BCUT2D eigenvalue weighted by Gasteiger charge is 2.25. The van der Waals surface area contributed by atoms with Crippen LogP contribution in [0.2, 0.25) is 0 Å². The van der Waals surface area contributed by atoms with Gasteiger partial charge in [0.2, 0.25) is 5.91 Å². The van der Waals surface area contributed by atoms with E-state index in [2.05, 4.69) is 15.5 Å². The highest BCUT2D eigenvalue weighted by atomic mass is 32.2. The van der Waals surface area contributed by atoms with E-state index < -0.39 is 11.2 Å². The third-order valence-electron chi connectivity index (χ3n) is 4.91. The van der Waals surface area contributed by atoms with E-state index >= 15 is 0 Å². The van der Waals surface area contributed by atoms with Crippen LogP contribution in [-0.2, 0) is 9.53 Å². The first-order chi connectivity index (χ1) is 14.4. The molecule has 0 aliphatic carbocycles. The molecular weight excluding hydrogens is 420 g/mol. The summed E-state index contributed by atoms with van der Waals surface area (Å²) in [5, 5.41) is 13.1. The van der Waals surface area contributed by atoms with E-state index in [4.69, 9.17) is 4.74 Å². The van der Waals surface area contributed by atoms with Crippen molar-refractivity contribution in [3.63, 3.8) is 0 Å². The summed E-state index contributed by atoms with van der Waals surface area (Å²) in [7, 11) is 1.33. The van der Waals surface area contributed by atoms with Crippen LogP contribution in [0.25, 0.3) is 16.6 Å². The molecule has 9 heteroatoms. The zero-order chi connectivity index (χ0) is 21.4. The molecule has 0 saturated heterocycles. The maximum atomic E-state index is 12.9. The molecule has 0 saturated carbocycles. The summed E-state index contributed by atoms with van der Waals surface area (Å²) in [5.74, 6) is -0.675. The average Bonchev–Trinajstić information content (AvgIpc) is 3.28. The van der Waals surface area contributed by atoms with Gasteiger partial charge >= 0.3 is 5.97 Å². The van der Waals surface area contributed by atoms with Crippen molar-refractivity contribution in [1.82, 2.24) is 14.6 Å². The number of pyridine rings is 1. The van der Waals surface area contributed by atoms with Crippen molar-refractivity contribution in [1.29, 1.82) is 0 Å². The molecule has 0 radical (unpaired) electrons. The van der Waals surface area contributed by atoms with Crippen LogP contribution in [0.1, 0.15) is 27.7 Å². The molecule has 1 unspecified atom stereocenters. The summed E-state index contributed by atoms with van der Waals surface area (Å²) >= 11 is 2.69. The summed E-state index contributed by atoms with van der Waals surface area (Å²) in [6.07, 6.45) is 0. The van der Waals surface area contributed by atoms with Crippen molar-refractivity contribution >= 4 is 56.5 Å². The number of benzene rings is 1. The number of methoxy groups -OCH3 is 1. The molecule has 0 fully saturated rings. The van der Waals surface area contributed by atoms with E-state index in [9.17, 15) is 9.59 Å². The van der Waals surface area contributed by atoms with Gasteiger partial charge in [0.25, 0.3) is 0 Å². The number of anilines is 1. The van der Waals surface area contributed by atoms with Crippen LogP contribution in [0, 0.1) is 13.8 Å². The molecule has 4 aromatic rings. The molecule has 30 heavy (non-hydrogen) atoms. The van der Waals surface area contributed by atoms with Crippen molar-refractivity contribution < 1.29 is 14.3 Å². The number of rotatable bonds is 5. The molecule has 1 aromatic carbocycles. The van der Waals surface area contributed by atoms with Gasteiger partial charge < -0.3 is 10.1 Å². The van der Waals surface area contributed by atoms with Crippen LogP contribution in [0.5, 0.6) is 0 Å². The molecule has 0 aliphatic heterocycles. The van der Waals surface area contributed by atoms with Gasteiger partial charge in [-0.15, -0.1) is 21.5 Å². The standard InChI is InChI=1S/C21H20N4O3S2/c1-11-12(2)29-19(17(11)20(27)28-4)22-18(26)13(3)30-21-24-23-16-10-9-14-7-5-6-8-15(14)25(16)21/h5-10,13H,1-4H3,(H,22,26). The first-order valence-electron chi connectivity index (χ1n) is 9.29. The fourth-order valence-electron chi connectivity index (χ4n) is 3.18. The summed E-state index contributed by atoms with van der Waals surface area (Å²) in [6, 6.07) is 11.9. The predicted octanol–water partition coefficient (Wildman–Crippen LogP) is 4.47. The predicted molar refractivity (Wildman–Crippen MR) is 120 cm³/mol. The van der Waals surface area contributed by atoms with Gasteiger partial charge in [-0.2, -0.15) is 0 Å². The molecule has 1 N–H and O–H groups in total. The number of thiophene rings is 1. The lowest BCUT2D eigenvalue weighted by Gasteiger charge is -2.12. The number of thioether (sulfide) groups is 1. The highest BCUT2D eigenvalue weighted by Crippen LogP contribution is 2.34. The van der Waals surface area contributed by atoms with Crippen molar-refractivity contribution in [2.75, 3.05) is 12.4 Å². The Morgan fingerprint density at radius 3 is 2.70 bits per heavy atom. The molecule has 0 bridgehead atoms. The van der Waals surface area contributed by atoms with Crippen molar-refractivity contribution in [2.45, 2.75) is 31.2 Å². The molecule has 1 atom stereocenters. The second-order valence-electron chi connectivity index (χ2n) is 6.80. The molecule has 4 rings (SSSR count). The highest BCUT2D eigenvalue weighted by molar-refractivity contribution is 8.00. The van der Waals surface area contributed by atoms with Gasteiger partial charge in [0, 0.05) is 4.88 Å². The Morgan fingerprint density at radius 1 is 1.17 bits per heavy atom. The van der Waals surface area contributed by atoms with Gasteiger partial charge in [-0.25, -0.2) is 4.79 Å². The van der Waals surface area contributed by atoms with E-state index in [1.165, 1.54) is 30.2 Å². The SMILES string of the molecule is COC(=O)c1c(NC(=O)C(C)Sc2nnc3ccc4ccccc4n23)sc(C)c1C. The third-order valence-corrected chi connectivity index (χ3v) is 7.08. The van der Waals surface area contributed by atoms with Crippen LogP contribution in [0.15, 0.2) is 41.6 Å². The molecule has 0 aliphatic rings. The van der Waals surface area contributed by atoms with E-state index in [-0.39, 0.29) is 5.91 Å². The van der Waals surface area contributed by atoms with E-state index in [1.807, 2.05) is 54.6 Å². The van der Waals surface area contributed by atoms with Gasteiger partial charge in [0.05, 0.1) is 23.4 Å². The van der Waals surface area contributed by atoms with E-state index in [0.29, 0.717) is 15.7 Å². The number of carbonyl (C=O) groups is 2. The van der Waals surface area contributed by atoms with E-state index in [0.717, 1.165) is 27.0 Å². The maximum absolute atomic E-state index is 12.9. The molecule has 0 spiro atoms. The minimum Gasteiger partial charge on any atom is -0.465 e. The average molecular weight is 441 g/mol. The number of hydrogen-bond acceptors (Lipinski definition) is 7. The summed E-state index contributed by atoms with van der Waals surface area (Å²) in [5.41, 5.74) is 2.93. The lowest BCUT2D eigenvalue weighted by molar-refractivity contribution is -0.115. The Kier molecular flexibility index (Phi) is 5.48. The molecule has 3 heterocycles. The molecule has 1 amide bonds.